The van der Waals surface area contributed by atoms with Crippen LogP contribution in [-0.2, 0) is 47.5 Å². The number of piperidine rings is 1. The molecule has 0 aromatic heterocycles. The highest BCUT2D eigenvalue weighted by Gasteiger charge is 2.45. The zero-order valence-electron chi connectivity index (χ0n) is 26.7. The number of terminal acetylenes is 1. The molecule has 15 nitrogen and oxygen atoms in total. The molecule has 0 spiro atoms. The van der Waals surface area contributed by atoms with Crippen LogP contribution in [0.25, 0.3) is 0 Å². The van der Waals surface area contributed by atoms with Crippen molar-refractivity contribution in [1.29, 1.82) is 0 Å². The van der Waals surface area contributed by atoms with Crippen LogP contribution in [0.4, 0.5) is 5.69 Å². The average Bonchev–Trinajstić information content (AvgIpc) is 3.32. The second-order valence-electron chi connectivity index (χ2n) is 10.1. The van der Waals surface area contributed by atoms with Gasteiger partial charge in [-0.25, -0.2) is 0 Å². The summed E-state index contributed by atoms with van der Waals surface area (Å²) in [5.74, 6) is 0.223. The molecule has 1 fully saturated rings. The first kappa shape index (κ1) is 38.0. The van der Waals surface area contributed by atoms with Crippen molar-refractivity contribution in [3.63, 3.8) is 0 Å². The van der Waals surface area contributed by atoms with Crippen molar-refractivity contribution in [1.82, 2.24) is 10.2 Å². The van der Waals surface area contributed by atoms with E-state index in [0.717, 1.165) is 4.90 Å². The van der Waals surface area contributed by atoms with Gasteiger partial charge in [0.15, 0.2) is 0 Å². The van der Waals surface area contributed by atoms with E-state index in [2.05, 4.69) is 16.6 Å². The van der Waals surface area contributed by atoms with E-state index in [4.69, 9.17) is 44.3 Å². The van der Waals surface area contributed by atoms with Gasteiger partial charge in [0.1, 0.15) is 12.6 Å². The molecular weight excluding hydrogens is 618 g/mol. The van der Waals surface area contributed by atoms with Crippen molar-refractivity contribution >= 4 is 29.3 Å². The van der Waals surface area contributed by atoms with Gasteiger partial charge in [0.25, 0.3) is 11.8 Å². The summed E-state index contributed by atoms with van der Waals surface area (Å²) >= 11 is 0. The van der Waals surface area contributed by atoms with Crippen LogP contribution in [0.15, 0.2) is 18.2 Å². The second kappa shape index (κ2) is 23.0. The van der Waals surface area contributed by atoms with Crippen molar-refractivity contribution in [3.8, 4) is 12.3 Å². The van der Waals surface area contributed by atoms with Crippen LogP contribution in [0.3, 0.4) is 0 Å². The number of nitrogens with one attached hydrogen (secondary N) is 2. The Hall–Kier alpha value is -3.46. The quantitative estimate of drug-likeness (QED) is 0.0748. The highest BCUT2D eigenvalue weighted by molar-refractivity contribution is 6.25. The van der Waals surface area contributed by atoms with Gasteiger partial charge >= 0.3 is 0 Å². The number of hydrogen-bond acceptors (Lipinski definition) is 13. The molecule has 2 aliphatic heterocycles. The summed E-state index contributed by atoms with van der Waals surface area (Å²) in [6.45, 7) is 7.39. The fraction of sp³-hybridized carbons (Fsp3) is 0.625. The third-order valence-corrected chi connectivity index (χ3v) is 6.82. The van der Waals surface area contributed by atoms with Gasteiger partial charge in [-0.3, -0.25) is 29.4 Å². The van der Waals surface area contributed by atoms with Gasteiger partial charge in [-0.15, -0.1) is 6.42 Å². The van der Waals surface area contributed by atoms with E-state index in [9.17, 15) is 19.2 Å². The number of imide groups is 2. The lowest BCUT2D eigenvalue weighted by molar-refractivity contribution is -0.136. The number of benzene rings is 1. The Balaban J connectivity index is 1.10. The van der Waals surface area contributed by atoms with Crippen LogP contribution in [0.2, 0.25) is 0 Å². The minimum Gasteiger partial charge on any atom is -0.382 e. The van der Waals surface area contributed by atoms with Gasteiger partial charge in [0.05, 0.1) is 110 Å². The predicted octanol–water partition coefficient (Wildman–Crippen LogP) is 0.266. The lowest BCUT2D eigenvalue weighted by Gasteiger charge is -2.27. The number of carbonyl (C=O) groups is 4. The SMILES string of the molecule is C#CCOCCOCCOCCOCCOCCOCCOCCOCCNc1cccc2c1C(=O)N(C1CCC(=O)NC1=O)C2=O. The smallest absolute Gasteiger partial charge is 0.264 e. The Morgan fingerprint density at radius 1 is 0.702 bits per heavy atom. The van der Waals surface area contributed by atoms with E-state index in [-0.39, 0.29) is 24.0 Å². The fourth-order valence-electron chi connectivity index (χ4n) is 4.59. The zero-order chi connectivity index (χ0) is 33.5. The van der Waals surface area contributed by atoms with E-state index in [1.807, 2.05) is 0 Å². The maximum Gasteiger partial charge on any atom is 0.264 e. The van der Waals surface area contributed by atoms with Crippen molar-refractivity contribution < 1.29 is 57.1 Å². The summed E-state index contributed by atoms with van der Waals surface area (Å²) in [4.78, 5) is 50.7. The lowest BCUT2D eigenvalue weighted by Crippen LogP contribution is -2.54. The average molecular weight is 664 g/mol. The molecule has 47 heavy (non-hydrogen) atoms. The third-order valence-electron chi connectivity index (χ3n) is 6.82. The van der Waals surface area contributed by atoms with Crippen LogP contribution < -0.4 is 10.6 Å². The molecule has 1 unspecified atom stereocenters. The fourth-order valence-corrected chi connectivity index (χ4v) is 4.59. The summed E-state index contributed by atoms with van der Waals surface area (Å²) in [7, 11) is 0. The van der Waals surface area contributed by atoms with Crippen LogP contribution >= 0.6 is 0 Å². The van der Waals surface area contributed by atoms with E-state index >= 15 is 0 Å². The topological polar surface area (TPSA) is 169 Å². The molecule has 0 saturated carbocycles. The van der Waals surface area contributed by atoms with Gasteiger partial charge in [-0.05, 0) is 18.6 Å². The molecular formula is C32H45N3O12. The van der Waals surface area contributed by atoms with E-state index in [0.29, 0.717) is 118 Å². The number of anilines is 1. The predicted molar refractivity (Wildman–Crippen MR) is 167 cm³/mol. The molecule has 15 heteroatoms. The van der Waals surface area contributed by atoms with Crippen LogP contribution in [0.1, 0.15) is 33.6 Å². The normalized spacial score (nSPS) is 16.0. The van der Waals surface area contributed by atoms with Crippen molar-refractivity contribution in [2.24, 2.45) is 0 Å². The van der Waals surface area contributed by atoms with Gasteiger partial charge in [-0.2, -0.15) is 0 Å². The third kappa shape index (κ3) is 13.7. The first-order valence-corrected chi connectivity index (χ1v) is 15.7. The Kier molecular flexibility index (Phi) is 18.6. The Labute approximate surface area is 274 Å². The summed E-state index contributed by atoms with van der Waals surface area (Å²) < 4.78 is 43.3. The largest absolute Gasteiger partial charge is 0.382 e. The number of ether oxygens (including phenoxy) is 8. The molecule has 260 valence electrons. The Morgan fingerprint density at radius 3 is 1.68 bits per heavy atom. The number of amides is 4. The van der Waals surface area contributed by atoms with E-state index in [1.165, 1.54) is 0 Å². The summed E-state index contributed by atoms with van der Waals surface area (Å²) in [6.07, 6.45) is 5.25. The minimum atomic E-state index is -1.01. The second-order valence-corrected chi connectivity index (χ2v) is 10.1. The lowest BCUT2D eigenvalue weighted by atomic mass is 10.0. The Bertz CT molecular complexity index is 1170. The molecule has 2 N–H and O–H groups in total. The molecule has 2 aliphatic rings. The Morgan fingerprint density at radius 2 is 1.19 bits per heavy atom. The molecule has 1 saturated heterocycles. The highest BCUT2D eigenvalue weighted by Crippen LogP contribution is 2.32. The molecule has 0 bridgehead atoms. The molecule has 0 radical (unpaired) electrons. The van der Waals surface area contributed by atoms with Gasteiger partial charge in [0, 0.05) is 18.7 Å². The maximum absolute atomic E-state index is 13.1. The molecule has 2 heterocycles. The van der Waals surface area contributed by atoms with Crippen molar-refractivity contribution in [3.05, 3.63) is 29.3 Å². The maximum atomic E-state index is 13.1. The minimum absolute atomic E-state index is 0.0673. The summed E-state index contributed by atoms with van der Waals surface area (Å²) in [5.41, 5.74) is 0.910. The number of fused-ring (bicyclic) bond motifs is 1. The highest BCUT2D eigenvalue weighted by atomic mass is 16.6. The molecule has 0 aliphatic carbocycles. The molecule has 1 aromatic rings. The van der Waals surface area contributed by atoms with E-state index < -0.39 is 29.7 Å². The number of carbonyl (C=O) groups excluding carboxylic acids is 4. The van der Waals surface area contributed by atoms with Gasteiger partial charge < -0.3 is 43.2 Å². The first-order valence-electron chi connectivity index (χ1n) is 15.7. The van der Waals surface area contributed by atoms with Crippen LogP contribution in [0, 0.1) is 12.3 Å². The van der Waals surface area contributed by atoms with Crippen molar-refractivity contribution in [2.75, 3.05) is 118 Å². The zero-order valence-corrected chi connectivity index (χ0v) is 26.7. The van der Waals surface area contributed by atoms with Crippen LogP contribution in [0.5, 0.6) is 0 Å². The number of hydrogen-bond donors (Lipinski definition) is 2. The molecule has 1 atom stereocenters. The summed E-state index contributed by atoms with van der Waals surface area (Å²) in [5, 5.41) is 5.32. The standard InChI is InChI=1S/C32H45N3O12/c1-2-9-40-11-13-42-15-17-44-19-21-46-23-24-47-22-20-45-18-16-43-14-12-41-10-8-33-26-5-3-4-25-29(26)32(39)35(31(25)38)27-6-7-28(36)34-30(27)37/h1,3-5,27,33H,6-24H2,(H,34,36,37). The first-order chi connectivity index (χ1) is 23.0. The summed E-state index contributed by atoms with van der Waals surface area (Å²) in [6, 6.07) is 3.90. The monoisotopic (exact) mass is 663 g/mol. The van der Waals surface area contributed by atoms with Gasteiger partial charge in [-0.1, -0.05) is 12.0 Å². The molecule has 1 aromatic carbocycles. The number of rotatable bonds is 27. The van der Waals surface area contributed by atoms with Gasteiger partial charge in [0.2, 0.25) is 11.8 Å². The van der Waals surface area contributed by atoms with Crippen molar-refractivity contribution in [2.45, 2.75) is 18.9 Å². The number of nitrogens with zero attached hydrogens (tertiary/aromatic N) is 1. The van der Waals surface area contributed by atoms with E-state index in [1.54, 1.807) is 18.2 Å². The molecule has 4 amide bonds. The van der Waals surface area contributed by atoms with Crippen LogP contribution in [-0.4, -0.2) is 147 Å². The molecule has 3 rings (SSSR count).